The van der Waals surface area contributed by atoms with Crippen molar-refractivity contribution in [1.82, 2.24) is 15.1 Å². The lowest BCUT2D eigenvalue weighted by molar-refractivity contribution is 0.139. The molecule has 0 bridgehead atoms. The van der Waals surface area contributed by atoms with Crippen LogP contribution in [0.15, 0.2) is 0 Å². The zero-order valence-electron chi connectivity index (χ0n) is 11.0. The van der Waals surface area contributed by atoms with Crippen LogP contribution in [-0.4, -0.2) is 66.3 Å². The fraction of sp³-hybridized carbons (Fsp3) is 0.917. The predicted octanol–water partition coefficient (Wildman–Crippen LogP) is 0.494. The lowest BCUT2D eigenvalue weighted by Gasteiger charge is -2.30. The molecule has 0 aliphatic carbocycles. The van der Waals surface area contributed by atoms with Crippen LogP contribution < -0.4 is 5.32 Å². The van der Waals surface area contributed by atoms with Gasteiger partial charge in [-0.1, -0.05) is 0 Å². The molecule has 0 aromatic heterocycles. The van der Waals surface area contributed by atoms with Crippen LogP contribution >= 0.6 is 0 Å². The molecule has 0 aromatic rings. The molecule has 5 heteroatoms. The topological polar surface area (TPSA) is 55.8 Å². The largest absolute Gasteiger partial charge is 0.395 e. The minimum absolute atomic E-state index is 0.0275. The number of nitrogens with one attached hydrogen (secondary N) is 1. The highest BCUT2D eigenvalue weighted by molar-refractivity contribution is 5.74. The number of rotatable bonds is 6. The summed E-state index contributed by atoms with van der Waals surface area (Å²) in [7, 11) is 0. The van der Waals surface area contributed by atoms with Gasteiger partial charge in [0.2, 0.25) is 0 Å². The van der Waals surface area contributed by atoms with Crippen molar-refractivity contribution < 1.29 is 9.90 Å². The fourth-order valence-corrected chi connectivity index (χ4v) is 2.26. The molecule has 1 fully saturated rings. The van der Waals surface area contributed by atoms with Crippen molar-refractivity contribution in [2.24, 2.45) is 0 Å². The van der Waals surface area contributed by atoms with Crippen LogP contribution in [0.3, 0.4) is 0 Å². The van der Waals surface area contributed by atoms with Crippen LogP contribution in [0.25, 0.3) is 0 Å². The second-order valence-electron chi connectivity index (χ2n) is 4.42. The second-order valence-corrected chi connectivity index (χ2v) is 4.42. The first-order valence-electron chi connectivity index (χ1n) is 6.61. The summed E-state index contributed by atoms with van der Waals surface area (Å²) in [4.78, 5) is 15.8. The van der Waals surface area contributed by atoms with Crippen LogP contribution in [0.5, 0.6) is 0 Å². The number of hydrogen-bond donors (Lipinski definition) is 2. The van der Waals surface area contributed by atoms with Gasteiger partial charge in [0.1, 0.15) is 0 Å². The van der Waals surface area contributed by atoms with E-state index in [0.29, 0.717) is 19.1 Å². The van der Waals surface area contributed by atoms with Crippen molar-refractivity contribution in [3.05, 3.63) is 0 Å². The molecule has 1 rings (SSSR count). The van der Waals surface area contributed by atoms with Gasteiger partial charge in [-0.05, 0) is 33.2 Å². The van der Waals surface area contributed by atoms with Crippen LogP contribution in [0.1, 0.15) is 26.7 Å². The maximum Gasteiger partial charge on any atom is 0.320 e. The Morgan fingerprint density at radius 3 is 2.53 bits per heavy atom. The zero-order chi connectivity index (χ0) is 12.7. The number of amides is 2. The van der Waals surface area contributed by atoms with Crippen LogP contribution in [-0.2, 0) is 0 Å². The average molecular weight is 243 g/mol. The fourth-order valence-electron chi connectivity index (χ4n) is 2.26. The number of urea groups is 1. The Kier molecular flexibility index (Phi) is 6.29. The molecule has 17 heavy (non-hydrogen) atoms. The van der Waals surface area contributed by atoms with Gasteiger partial charge in [0.15, 0.2) is 0 Å². The molecule has 1 aliphatic heterocycles. The first kappa shape index (κ1) is 14.3. The molecule has 2 amide bonds. The maximum absolute atomic E-state index is 12.2. The molecule has 0 spiro atoms. The third-order valence-electron chi connectivity index (χ3n) is 3.28. The number of nitrogens with zero attached hydrogens (tertiary/aromatic N) is 2. The first-order chi connectivity index (χ1) is 8.22. The van der Waals surface area contributed by atoms with Gasteiger partial charge in [0.05, 0.1) is 6.61 Å². The van der Waals surface area contributed by atoms with E-state index in [1.807, 2.05) is 13.8 Å². The molecule has 100 valence electrons. The number of carbonyl (C=O) groups is 1. The summed E-state index contributed by atoms with van der Waals surface area (Å²) in [6, 6.07) is 0.429. The van der Waals surface area contributed by atoms with Crippen molar-refractivity contribution in [1.29, 1.82) is 0 Å². The molecule has 5 nitrogen and oxygen atoms in total. The number of carbonyl (C=O) groups excluding carboxylic acids is 1. The van der Waals surface area contributed by atoms with E-state index in [9.17, 15) is 4.79 Å². The van der Waals surface area contributed by atoms with Crippen LogP contribution in [0, 0.1) is 0 Å². The zero-order valence-corrected chi connectivity index (χ0v) is 11.0. The normalized spacial score (nSPS) is 19.4. The minimum Gasteiger partial charge on any atom is -0.395 e. The Bertz CT molecular complexity index is 226. The first-order valence-corrected chi connectivity index (χ1v) is 6.61. The van der Waals surface area contributed by atoms with Gasteiger partial charge in [-0.2, -0.15) is 0 Å². The summed E-state index contributed by atoms with van der Waals surface area (Å²) in [5, 5.41) is 12.4. The Labute approximate surface area is 104 Å². The average Bonchev–Trinajstić information content (AvgIpc) is 2.83. The van der Waals surface area contributed by atoms with Gasteiger partial charge >= 0.3 is 6.03 Å². The minimum atomic E-state index is 0.0275. The molecule has 1 aliphatic rings. The van der Waals surface area contributed by atoms with Gasteiger partial charge in [-0.25, -0.2) is 4.79 Å². The van der Waals surface area contributed by atoms with Crippen molar-refractivity contribution in [2.75, 3.05) is 39.3 Å². The van der Waals surface area contributed by atoms with E-state index >= 15 is 0 Å². The highest BCUT2D eigenvalue weighted by Crippen LogP contribution is 2.08. The van der Waals surface area contributed by atoms with E-state index in [4.69, 9.17) is 5.11 Å². The Morgan fingerprint density at radius 2 is 2.06 bits per heavy atom. The highest BCUT2D eigenvalue weighted by Gasteiger charge is 2.23. The van der Waals surface area contributed by atoms with Crippen molar-refractivity contribution >= 4 is 6.03 Å². The summed E-state index contributed by atoms with van der Waals surface area (Å²) in [6.45, 7) is 7.59. The Morgan fingerprint density at radius 1 is 1.35 bits per heavy atom. The van der Waals surface area contributed by atoms with Gasteiger partial charge in [-0.15, -0.1) is 0 Å². The Balaban J connectivity index is 2.53. The molecule has 2 N–H and O–H groups in total. The van der Waals surface area contributed by atoms with Gasteiger partial charge in [0.25, 0.3) is 0 Å². The van der Waals surface area contributed by atoms with Crippen molar-refractivity contribution in [3.8, 4) is 0 Å². The number of hydrogen-bond acceptors (Lipinski definition) is 3. The quantitative estimate of drug-likeness (QED) is 0.714. The SMILES string of the molecule is CCN(CC)C(=O)N(CCO)CC1CCCN1. The lowest BCUT2D eigenvalue weighted by Crippen LogP contribution is -2.48. The summed E-state index contributed by atoms with van der Waals surface area (Å²) < 4.78 is 0. The molecule has 0 saturated carbocycles. The molecule has 1 unspecified atom stereocenters. The number of aliphatic hydroxyl groups is 1. The standard InChI is InChI=1S/C12H25N3O2/c1-3-14(4-2)12(17)15(8-9-16)10-11-6-5-7-13-11/h11,13,16H,3-10H2,1-2H3. The van der Waals surface area contributed by atoms with E-state index in [-0.39, 0.29) is 12.6 Å². The lowest BCUT2D eigenvalue weighted by atomic mass is 10.2. The van der Waals surface area contributed by atoms with Crippen LogP contribution in [0.2, 0.25) is 0 Å². The molecular formula is C12H25N3O2. The summed E-state index contributed by atoms with van der Waals surface area (Å²) in [5.41, 5.74) is 0. The third-order valence-corrected chi connectivity index (χ3v) is 3.28. The second kappa shape index (κ2) is 7.50. The summed E-state index contributed by atoms with van der Waals surface area (Å²) in [6.07, 6.45) is 2.30. The monoisotopic (exact) mass is 243 g/mol. The van der Waals surface area contributed by atoms with E-state index in [2.05, 4.69) is 5.32 Å². The van der Waals surface area contributed by atoms with Crippen LogP contribution in [0.4, 0.5) is 4.79 Å². The third kappa shape index (κ3) is 4.16. The van der Waals surface area contributed by atoms with E-state index < -0.39 is 0 Å². The van der Waals surface area contributed by atoms with Gasteiger partial charge in [-0.3, -0.25) is 0 Å². The summed E-state index contributed by atoms with van der Waals surface area (Å²) in [5.74, 6) is 0. The molecule has 1 atom stereocenters. The smallest absolute Gasteiger partial charge is 0.320 e. The molecule has 0 aromatic carbocycles. The molecular weight excluding hydrogens is 218 g/mol. The predicted molar refractivity (Wildman–Crippen MR) is 68.0 cm³/mol. The number of aliphatic hydroxyl groups excluding tert-OH is 1. The molecule has 1 saturated heterocycles. The molecule has 1 heterocycles. The highest BCUT2D eigenvalue weighted by atomic mass is 16.3. The van der Waals surface area contributed by atoms with Crippen molar-refractivity contribution in [2.45, 2.75) is 32.7 Å². The van der Waals surface area contributed by atoms with Gasteiger partial charge in [0, 0.05) is 32.2 Å². The molecule has 0 radical (unpaired) electrons. The Hall–Kier alpha value is -0.810. The van der Waals surface area contributed by atoms with E-state index in [0.717, 1.165) is 26.1 Å². The van der Waals surface area contributed by atoms with E-state index in [1.165, 1.54) is 6.42 Å². The van der Waals surface area contributed by atoms with Crippen molar-refractivity contribution in [3.63, 3.8) is 0 Å². The van der Waals surface area contributed by atoms with E-state index in [1.54, 1.807) is 9.80 Å². The summed E-state index contributed by atoms with van der Waals surface area (Å²) >= 11 is 0. The van der Waals surface area contributed by atoms with Gasteiger partial charge < -0.3 is 20.2 Å². The maximum atomic E-state index is 12.2.